The Morgan fingerprint density at radius 3 is 2.52 bits per heavy atom. The number of carbonyl (C=O) groups excluding carboxylic acids is 2. The number of nitrogens with one attached hydrogen (secondary N) is 1. The lowest BCUT2D eigenvalue weighted by Crippen LogP contribution is -2.42. The van der Waals surface area contributed by atoms with Crippen molar-refractivity contribution < 1.29 is 14.3 Å². The third kappa shape index (κ3) is 7.64. The molecular formula is C14H28ClN3O3. The molecule has 124 valence electrons. The smallest absolute Gasteiger partial charge is 0.241 e. The molecule has 6 nitrogen and oxygen atoms in total. The Kier molecular flexibility index (Phi) is 10.4. The van der Waals surface area contributed by atoms with Gasteiger partial charge >= 0.3 is 0 Å². The summed E-state index contributed by atoms with van der Waals surface area (Å²) < 4.78 is 5.01. The van der Waals surface area contributed by atoms with Gasteiger partial charge in [-0.1, -0.05) is 0 Å². The zero-order chi connectivity index (χ0) is 15.0. The van der Waals surface area contributed by atoms with Gasteiger partial charge in [0.05, 0.1) is 13.2 Å². The van der Waals surface area contributed by atoms with Crippen molar-refractivity contribution in [1.29, 1.82) is 0 Å². The predicted molar refractivity (Wildman–Crippen MR) is 84.6 cm³/mol. The van der Waals surface area contributed by atoms with E-state index in [1.54, 1.807) is 26.1 Å². The molecule has 1 unspecified atom stereocenters. The molecular weight excluding hydrogens is 294 g/mol. The topological polar surface area (TPSA) is 61.9 Å². The van der Waals surface area contributed by atoms with E-state index >= 15 is 0 Å². The van der Waals surface area contributed by atoms with Crippen molar-refractivity contribution in [1.82, 2.24) is 15.1 Å². The molecule has 1 atom stereocenters. The minimum atomic E-state index is -0.0583. The van der Waals surface area contributed by atoms with Gasteiger partial charge in [0.2, 0.25) is 11.8 Å². The molecule has 1 heterocycles. The Morgan fingerprint density at radius 1 is 1.29 bits per heavy atom. The second kappa shape index (κ2) is 10.8. The second-order valence-electron chi connectivity index (χ2n) is 5.49. The van der Waals surface area contributed by atoms with Gasteiger partial charge in [-0.2, -0.15) is 0 Å². The maximum Gasteiger partial charge on any atom is 0.241 e. The summed E-state index contributed by atoms with van der Waals surface area (Å²) in [4.78, 5) is 27.1. The molecule has 0 aliphatic carbocycles. The Morgan fingerprint density at radius 2 is 2.00 bits per heavy atom. The van der Waals surface area contributed by atoms with E-state index in [9.17, 15) is 9.59 Å². The molecule has 0 bridgehead atoms. The lowest BCUT2D eigenvalue weighted by molar-refractivity contribution is -0.139. The Balaban J connectivity index is 0.00000400. The fourth-order valence-corrected chi connectivity index (χ4v) is 2.24. The van der Waals surface area contributed by atoms with E-state index in [0.717, 1.165) is 25.9 Å². The van der Waals surface area contributed by atoms with Crippen molar-refractivity contribution in [2.24, 2.45) is 5.92 Å². The maximum atomic E-state index is 12.2. The minimum absolute atomic E-state index is 0. The van der Waals surface area contributed by atoms with Crippen LogP contribution >= 0.6 is 12.4 Å². The van der Waals surface area contributed by atoms with Gasteiger partial charge in [-0.25, -0.2) is 0 Å². The predicted octanol–water partition coefficient (Wildman–Crippen LogP) is 0.361. The zero-order valence-electron chi connectivity index (χ0n) is 13.3. The third-order valence-electron chi connectivity index (χ3n) is 3.67. The molecule has 0 saturated carbocycles. The van der Waals surface area contributed by atoms with Crippen LogP contribution in [0.5, 0.6) is 0 Å². The van der Waals surface area contributed by atoms with Crippen LogP contribution < -0.4 is 5.32 Å². The summed E-state index contributed by atoms with van der Waals surface area (Å²) >= 11 is 0. The van der Waals surface area contributed by atoms with Gasteiger partial charge in [-0.05, 0) is 31.8 Å². The Hall–Kier alpha value is -0.850. The first-order valence-electron chi connectivity index (χ1n) is 7.22. The summed E-state index contributed by atoms with van der Waals surface area (Å²) in [7, 11) is 5.00. The van der Waals surface area contributed by atoms with Crippen LogP contribution in [0.15, 0.2) is 0 Å². The van der Waals surface area contributed by atoms with Crippen LogP contribution in [0, 0.1) is 5.92 Å². The summed E-state index contributed by atoms with van der Waals surface area (Å²) in [5, 5.41) is 3.30. The highest BCUT2D eigenvalue weighted by atomic mass is 35.5. The second-order valence-corrected chi connectivity index (χ2v) is 5.49. The molecule has 1 saturated heterocycles. The summed E-state index contributed by atoms with van der Waals surface area (Å²) in [6.07, 6.45) is 2.55. The Bertz CT molecular complexity index is 321. The van der Waals surface area contributed by atoms with Gasteiger partial charge in [0.25, 0.3) is 0 Å². The van der Waals surface area contributed by atoms with Crippen LogP contribution in [-0.2, 0) is 14.3 Å². The van der Waals surface area contributed by atoms with E-state index in [0.29, 0.717) is 25.5 Å². The van der Waals surface area contributed by atoms with E-state index in [-0.39, 0.29) is 30.8 Å². The normalized spacial score (nSPS) is 17.2. The SMILES string of the molecule is COCCN(CC(=O)N(C)C)C(=O)CCC1CCNC1.Cl. The van der Waals surface area contributed by atoms with Crippen molar-refractivity contribution in [3.05, 3.63) is 0 Å². The summed E-state index contributed by atoms with van der Waals surface area (Å²) in [6, 6.07) is 0. The standard InChI is InChI=1S/C14H27N3O3.ClH/c1-16(2)14(19)11-17(8-9-20-3)13(18)5-4-12-6-7-15-10-12;/h12,15H,4-11H2,1-3H3;1H. The number of amides is 2. The molecule has 2 amide bonds. The van der Waals surface area contributed by atoms with E-state index in [2.05, 4.69) is 5.32 Å². The number of nitrogens with zero attached hydrogens (tertiary/aromatic N) is 2. The number of ether oxygens (including phenoxy) is 1. The van der Waals surface area contributed by atoms with Crippen LogP contribution in [0.4, 0.5) is 0 Å². The molecule has 7 heteroatoms. The molecule has 1 aliphatic heterocycles. The largest absolute Gasteiger partial charge is 0.383 e. The van der Waals surface area contributed by atoms with Gasteiger partial charge in [0.15, 0.2) is 0 Å². The average Bonchev–Trinajstić information content (AvgIpc) is 2.93. The first-order valence-corrected chi connectivity index (χ1v) is 7.22. The highest BCUT2D eigenvalue weighted by Crippen LogP contribution is 2.15. The number of rotatable bonds is 8. The van der Waals surface area contributed by atoms with E-state index in [1.165, 1.54) is 4.90 Å². The van der Waals surface area contributed by atoms with Crippen molar-refractivity contribution in [3.63, 3.8) is 0 Å². The number of likely N-dealkylation sites (N-methyl/N-ethyl adjacent to an activating group) is 1. The van der Waals surface area contributed by atoms with Crippen LogP contribution in [-0.4, -0.2) is 75.6 Å². The van der Waals surface area contributed by atoms with E-state index in [4.69, 9.17) is 4.74 Å². The fraction of sp³-hybridized carbons (Fsp3) is 0.857. The summed E-state index contributed by atoms with van der Waals surface area (Å²) in [5.74, 6) is 0.578. The zero-order valence-corrected chi connectivity index (χ0v) is 14.1. The molecule has 0 aromatic heterocycles. The molecule has 1 aliphatic rings. The van der Waals surface area contributed by atoms with Crippen LogP contribution in [0.1, 0.15) is 19.3 Å². The van der Waals surface area contributed by atoms with Gasteiger partial charge in [0, 0.05) is 34.2 Å². The number of carbonyl (C=O) groups is 2. The van der Waals surface area contributed by atoms with E-state index in [1.807, 2.05) is 0 Å². The highest BCUT2D eigenvalue weighted by molar-refractivity contribution is 5.85. The van der Waals surface area contributed by atoms with Crippen molar-refractivity contribution >= 4 is 24.2 Å². The monoisotopic (exact) mass is 321 g/mol. The first-order chi connectivity index (χ1) is 9.54. The summed E-state index contributed by atoms with van der Waals surface area (Å²) in [5.41, 5.74) is 0. The van der Waals surface area contributed by atoms with E-state index < -0.39 is 0 Å². The van der Waals surface area contributed by atoms with Gasteiger partial charge < -0.3 is 19.9 Å². The molecule has 0 spiro atoms. The van der Waals surface area contributed by atoms with Crippen LogP contribution in [0.2, 0.25) is 0 Å². The molecule has 0 aromatic carbocycles. The highest BCUT2D eigenvalue weighted by Gasteiger charge is 2.20. The van der Waals surface area contributed by atoms with Gasteiger partial charge in [0.1, 0.15) is 0 Å². The van der Waals surface area contributed by atoms with Gasteiger partial charge in [-0.15, -0.1) is 12.4 Å². The quantitative estimate of drug-likeness (QED) is 0.701. The number of hydrogen-bond acceptors (Lipinski definition) is 4. The van der Waals surface area contributed by atoms with Crippen molar-refractivity contribution in [2.45, 2.75) is 19.3 Å². The fourth-order valence-electron chi connectivity index (χ4n) is 2.24. The van der Waals surface area contributed by atoms with Crippen molar-refractivity contribution in [3.8, 4) is 0 Å². The molecule has 1 fully saturated rings. The average molecular weight is 322 g/mol. The molecule has 1 rings (SSSR count). The third-order valence-corrected chi connectivity index (χ3v) is 3.67. The molecule has 0 radical (unpaired) electrons. The lowest BCUT2D eigenvalue weighted by atomic mass is 10.0. The lowest BCUT2D eigenvalue weighted by Gasteiger charge is -2.24. The van der Waals surface area contributed by atoms with Crippen LogP contribution in [0.3, 0.4) is 0 Å². The number of halogens is 1. The van der Waals surface area contributed by atoms with Crippen molar-refractivity contribution in [2.75, 3.05) is 54.0 Å². The number of methoxy groups -OCH3 is 1. The summed E-state index contributed by atoms with van der Waals surface area (Å²) in [6.45, 7) is 3.11. The number of hydrogen-bond donors (Lipinski definition) is 1. The molecule has 1 N–H and O–H groups in total. The first kappa shape index (κ1) is 20.1. The molecule has 0 aromatic rings. The van der Waals surface area contributed by atoms with Gasteiger partial charge in [-0.3, -0.25) is 9.59 Å². The minimum Gasteiger partial charge on any atom is -0.383 e. The molecule has 21 heavy (non-hydrogen) atoms. The maximum absolute atomic E-state index is 12.2. The van der Waals surface area contributed by atoms with Crippen LogP contribution in [0.25, 0.3) is 0 Å². The Labute approximate surface area is 133 Å².